The highest BCUT2D eigenvalue weighted by Crippen LogP contribution is 2.46. The van der Waals surface area contributed by atoms with E-state index in [9.17, 15) is 9.59 Å². The minimum atomic E-state index is -0.625. The van der Waals surface area contributed by atoms with Crippen LogP contribution in [-0.4, -0.2) is 37.0 Å². The van der Waals surface area contributed by atoms with Crippen LogP contribution in [0.4, 0.5) is 5.69 Å². The Bertz CT molecular complexity index is 1330. The van der Waals surface area contributed by atoms with Gasteiger partial charge in [0.2, 0.25) is 5.91 Å². The fourth-order valence-electron chi connectivity index (χ4n) is 5.89. The van der Waals surface area contributed by atoms with Crippen molar-refractivity contribution in [3.8, 4) is 11.5 Å². The van der Waals surface area contributed by atoms with Gasteiger partial charge in [-0.05, 0) is 60.7 Å². The molecule has 2 aliphatic rings. The summed E-state index contributed by atoms with van der Waals surface area (Å²) in [6, 6.07) is 18.3. The lowest BCUT2D eigenvalue weighted by Gasteiger charge is -2.46. The zero-order valence-electron chi connectivity index (χ0n) is 22.0. The summed E-state index contributed by atoms with van der Waals surface area (Å²) in [5.41, 5.74) is 3.59. The molecule has 1 aliphatic heterocycles. The Labute approximate surface area is 228 Å². The first kappa shape index (κ1) is 26.1. The standard InChI is InChI=1S/C31H33ClN2O4/c1-19-17-26(27(38-3)18-25(19)32)33-30(35)28-23-11-7-8-12-24(23)31(36)34(21-9-5-4-6-10-21)29(28)20-13-15-22(37-2)16-14-20/h7-8,11-18,21,28-29H,4-6,9-10H2,1-3H3,(H,33,35)/t28-,29-/m0/s1. The molecule has 0 aromatic heterocycles. The van der Waals surface area contributed by atoms with E-state index in [-0.39, 0.29) is 17.9 Å². The number of methoxy groups -OCH3 is 2. The van der Waals surface area contributed by atoms with Crippen LogP contribution in [0.3, 0.4) is 0 Å². The predicted octanol–water partition coefficient (Wildman–Crippen LogP) is 6.92. The number of benzene rings is 3. The summed E-state index contributed by atoms with van der Waals surface area (Å²) >= 11 is 6.32. The van der Waals surface area contributed by atoms with Gasteiger partial charge in [-0.1, -0.05) is 61.2 Å². The van der Waals surface area contributed by atoms with Crippen LogP contribution in [0, 0.1) is 6.92 Å². The number of ether oxygens (including phenoxy) is 2. The van der Waals surface area contributed by atoms with Gasteiger partial charge in [0.15, 0.2) is 0 Å². The van der Waals surface area contributed by atoms with Gasteiger partial charge in [-0.25, -0.2) is 0 Å². The Kier molecular flexibility index (Phi) is 7.61. The number of hydrogen-bond acceptors (Lipinski definition) is 4. The van der Waals surface area contributed by atoms with Gasteiger partial charge in [0.1, 0.15) is 11.5 Å². The van der Waals surface area contributed by atoms with E-state index in [2.05, 4.69) is 5.32 Å². The fourth-order valence-corrected chi connectivity index (χ4v) is 6.04. The third-order valence-corrected chi connectivity index (χ3v) is 8.23. The van der Waals surface area contributed by atoms with Crippen molar-refractivity contribution < 1.29 is 19.1 Å². The first-order valence-electron chi connectivity index (χ1n) is 13.1. The first-order valence-corrected chi connectivity index (χ1v) is 13.5. The molecule has 2 amide bonds. The molecule has 1 fully saturated rings. The van der Waals surface area contributed by atoms with Crippen molar-refractivity contribution >= 4 is 29.1 Å². The van der Waals surface area contributed by atoms with Gasteiger partial charge in [-0.15, -0.1) is 0 Å². The van der Waals surface area contributed by atoms with Gasteiger partial charge < -0.3 is 19.7 Å². The number of rotatable bonds is 6. The predicted molar refractivity (Wildman–Crippen MR) is 149 cm³/mol. The highest BCUT2D eigenvalue weighted by molar-refractivity contribution is 6.31. The molecule has 0 bridgehead atoms. The topological polar surface area (TPSA) is 67.9 Å². The molecule has 38 heavy (non-hydrogen) atoms. The maximum atomic E-state index is 14.3. The smallest absolute Gasteiger partial charge is 0.254 e. The lowest BCUT2D eigenvalue weighted by atomic mass is 9.77. The Morgan fingerprint density at radius 2 is 1.68 bits per heavy atom. The van der Waals surface area contributed by atoms with Crippen LogP contribution < -0.4 is 14.8 Å². The summed E-state index contributed by atoms with van der Waals surface area (Å²) in [5.74, 6) is 0.367. The molecule has 2 atom stereocenters. The Balaban J connectivity index is 1.64. The lowest BCUT2D eigenvalue weighted by Crippen LogP contribution is -2.51. The number of nitrogens with zero attached hydrogens (tertiary/aromatic N) is 1. The van der Waals surface area contributed by atoms with E-state index in [4.69, 9.17) is 21.1 Å². The number of carbonyl (C=O) groups is 2. The third kappa shape index (κ3) is 4.85. The quantitative estimate of drug-likeness (QED) is 0.374. The van der Waals surface area contributed by atoms with Crippen molar-refractivity contribution in [2.24, 2.45) is 0 Å². The molecule has 0 radical (unpaired) electrons. The highest BCUT2D eigenvalue weighted by atomic mass is 35.5. The minimum absolute atomic E-state index is 0.0164. The zero-order valence-corrected chi connectivity index (χ0v) is 22.8. The monoisotopic (exact) mass is 532 g/mol. The van der Waals surface area contributed by atoms with E-state index in [0.29, 0.717) is 22.0 Å². The van der Waals surface area contributed by atoms with E-state index in [1.54, 1.807) is 20.3 Å². The summed E-state index contributed by atoms with van der Waals surface area (Å²) in [4.78, 5) is 30.3. The molecule has 1 heterocycles. The van der Waals surface area contributed by atoms with Gasteiger partial charge in [0, 0.05) is 22.7 Å². The molecular formula is C31H33ClN2O4. The van der Waals surface area contributed by atoms with Crippen LogP contribution in [-0.2, 0) is 4.79 Å². The molecule has 0 unspecified atom stereocenters. The average molecular weight is 533 g/mol. The number of aryl methyl sites for hydroxylation is 1. The first-order chi connectivity index (χ1) is 18.4. The van der Waals surface area contributed by atoms with Gasteiger partial charge in [-0.3, -0.25) is 9.59 Å². The van der Waals surface area contributed by atoms with Crippen LogP contribution >= 0.6 is 11.6 Å². The van der Waals surface area contributed by atoms with E-state index in [1.807, 2.05) is 66.4 Å². The molecule has 5 rings (SSSR count). The van der Waals surface area contributed by atoms with E-state index < -0.39 is 12.0 Å². The maximum Gasteiger partial charge on any atom is 0.254 e. The van der Waals surface area contributed by atoms with Crippen molar-refractivity contribution in [3.63, 3.8) is 0 Å². The summed E-state index contributed by atoms with van der Waals surface area (Å²) in [6.45, 7) is 1.89. The summed E-state index contributed by atoms with van der Waals surface area (Å²) in [5, 5.41) is 3.68. The summed E-state index contributed by atoms with van der Waals surface area (Å²) in [7, 11) is 3.18. The number of halogens is 1. The van der Waals surface area contributed by atoms with Crippen LogP contribution in [0.1, 0.15) is 71.1 Å². The normalized spacial score (nSPS) is 19.6. The average Bonchev–Trinajstić information content (AvgIpc) is 2.95. The third-order valence-electron chi connectivity index (χ3n) is 7.82. The molecule has 198 valence electrons. The number of carbonyl (C=O) groups excluding carboxylic acids is 2. The fraction of sp³-hybridized carbons (Fsp3) is 0.355. The molecule has 3 aromatic carbocycles. The number of nitrogens with one attached hydrogen (secondary N) is 1. The van der Waals surface area contributed by atoms with Crippen LogP contribution in [0.25, 0.3) is 0 Å². The van der Waals surface area contributed by atoms with Gasteiger partial charge in [0.25, 0.3) is 5.91 Å². The maximum absolute atomic E-state index is 14.3. The van der Waals surface area contributed by atoms with Crippen molar-refractivity contribution in [1.29, 1.82) is 0 Å². The molecule has 1 aliphatic carbocycles. The number of amides is 2. The van der Waals surface area contributed by atoms with Crippen LogP contribution in [0.5, 0.6) is 11.5 Å². The molecule has 0 saturated heterocycles. The molecule has 3 aromatic rings. The van der Waals surface area contributed by atoms with Gasteiger partial charge >= 0.3 is 0 Å². The van der Waals surface area contributed by atoms with Crippen LogP contribution in [0.15, 0.2) is 60.7 Å². The van der Waals surface area contributed by atoms with E-state index in [0.717, 1.165) is 48.1 Å². The molecular weight excluding hydrogens is 500 g/mol. The van der Waals surface area contributed by atoms with Crippen molar-refractivity contribution in [1.82, 2.24) is 4.90 Å². The molecule has 1 N–H and O–H groups in total. The second-order valence-corrected chi connectivity index (χ2v) is 10.5. The van der Waals surface area contributed by atoms with Gasteiger partial charge in [0.05, 0.1) is 31.9 Å². The second-order valence-electron chi connectivity index (χ2n) is 10.1. The second kappa shape index (κ2) is 11.1. The largest absolute Gasteiger partial charge is 0.497 e. The molecule has 0 spiro atoms. The Morgan fingerprint density at radius 3 is 2.37 bits per heavy atom. The number of fused-ring (bicyclic) bond motifs is 1. The summed E-state index contributed by atoms with van der Waals surface area (Å²) < 4.78 is 10.9. The summed E-state index contributed by atoms with van der Waals surface area (Å²) in [6.07, 6.45) is 5.17. The zero-order chi connectivity index (χ0) is 26.8. The van der Waals surface area contributed by atoms with Crippen molar-refractivity contribution in [3.05, 3.63) is 87.9 Å². The minimum Gasteiger partial charge on any atom is -0.497 e. The lowest BCUT2D eigenvalue weighted by molar-refractivity contribution is -0.119. The highest BCUT2D eigenvalue weighted by Gasteiger charge is 2.46. The van der Waals surface area contributed by atoms with Crippen LogP contribution in [0.2, 0.25) is 5.02 Å². The number of hydrogen-bond donors (Lipinski definition) is 1. The Morgan fingerprint density at radius 1 is 0.974 bits per heavy atom. The molecule has 6 nitrogen and oxygen atoms in total. The SMILES string of the molecule is COc1ccc([C@H]2[C@@H](C(=O)Nc3cc(C)c(Cl)cc3OC)c3ccccc3C(=O)N2C2CCCCC2)cc1. The van der Waals surface area contributed by atoms with Crippen molar-refractivity contribution in [2.45, 2.75) is 57.0 Å². The molecule has 7 heteroatoms. The van der Waals surface area contributed by atoms with E-state index >= 15 is 0 Å². The van der Waals surface area contributed by atoms with Crippen molar-refractivity contribution in [2.75, 3.05) is 19.5 Å². The number of anilines is 1. The molecule has 1 saturated carbocycles. The van der Waals surface area contributed by atoms with Gasteiger partial charge in [-0.2, -0.15) is 0 Å². The van der Waals surface area contributed by atoms with E-state index in [1.165, 1.54) is 6.42 Å². The Hall–Kier alpha value is -3.51.